The van der Waals surface area contributed by atoms with Crippen LogP contribution in [0.4, 0.5) is 0 Å². The van der Waals surface area contributed by atoms with Gasteiger partial charge in [-0.25, -0.2) is 0 Å². The predicted octanol–water partition coefficient (Wildman–Crippen LogP) is 4.02. The number of benzene rings is 1. The first-order valence-electron chi connectivity index (χ1n) is 5.62. The van der Waals surface area contributed by atoms with Gasteiger partial charge in [0, 0.05) is 23.1 Å². The molecule has 1 aromatic rings. The average Bonchev–Trinajstić information content (AvgIpc) is 2.27. The highest BCUT2D eigenvalue weighted by Crippen LogP contribution is 2.33. The third kappa shape index (κ3) is 3.15. The lowest BCUT2D eigenvalue weighted by Gasteiger charge is -2.30. The largest absolute Gasteiger partial charge is 0.341 e. The number of amides is 1. The zero-order valence-corrected chi connectivity index (χ0v) is 13.2. The third-order valence-electron chi connectivity index (χ3n) is 2.89. The quantitative estimate of drug-likeness (QED) is 0.763. The summed E-state index contributed by atoms with van der Waals surface area (Å²) in [7, 11) is 1.76. The molecule has 0 fully saturated rings. The molecule has 1 rings (SSSR count). The van der Waals surface area contributed by atoms with Crippen LogP contribution in [0.5, 0.6) is 0 Å². The Labute approximate surface area is 122 Å². The minimum absolute atomic E-state index is 0.0200. The Hall–Kier alpha value is -0.800. The lowest BCUT2D eigenvalue weighted by atomic mass is 9.83. The molecule has 0 spiro atoms. The number of nitrogens with zero attached hydrogens (tertiary/aromatic N) is 1. The lowest BCUT2D eigenvalue weighted by Crippen LogP contribution is -2.41. The second kappa shape index (κ2) is 5.89. The molecule has 1 amide bonds. The van der Waals surface area contributed by atoms with Crippen LogP contribution in [0.2, 0.25) is 5.02 Å². The van der Waals surface area contributed by atoms with Gasteiger partial charge in [0.15, 0.2) is 0 Å². The van der Waals surface area contributed by atoms with Gasteiger partial charge in [-0.1, -0.05) is 39.7 Å². The summed E-state index contributed by atoms with van der Waals surface area (Å²) in [5.74, 6) is 0.0200. The van der Waals surface area contributed by atoms with Crippen LogP contribution in [0.15, 0.2) is 35.3 Å². The molecule has 0 atom stereocenters. The average molecular weight is 331 g/mol. The van der Waals surface area contributed by atoms with Gasteiger partial charge in [0.05, 0.1) is 5.41 Å². The first-order valence-corrected chi connectivity index (χ1v) is 6.79. The minimum atomic E-state index is -0.657. The Morgan fingerprint density at radius 1 is 1.56 bits per heavy atom. The SMILES string of the molecule is C=CCN(C)C(=O)C(C)(C)c1ccc(Br)cc1Cl. The zero-order chi connectivity index (χ0) is 13.9. The van der Waals surface area contributed by atoms with Gasteiger partial charge in [-0.3, -0.25) is 4.79 Å². The molecule has 1 aromatic carbocycles. The van der Waals surface area contributed by atoms with Crippen LogP contribution in [0.25, 0.3) is 0 Å². The van der Waals surface area contributed by atoms with Crippen LogP contribution < -0.4 is 0 Å². The van der Waals surface area contributed by atoms with Crippen molar-refractivity contribution in [1.82, 2.24) is 4.90 Å². The van der Waals surface area contributed by atoms with Crippen LogP contribution in [0, 0.1) is 0 Å². The Morgan fingerprint density at radius 3 is 2.67 bits per heavy atom. The summed E-state index contributed by atoms with van der Waals surface area (Å²) in [6, 6.07) is 5.58. The van der Waals surface area contributed by atoms with Crippen molar-refractivity contribution in [2.24, 2.45) is 0 Å². The second-order valence-corrected chi connectivity index (χ2v) is 6.05. The van der Waals surface area contributed by atoms with E-state index in [1.165, 1.54) is 0 Å². The van der Waals surface area contributed by atoms with Gasteiger partial charge in [-0.05, 0) is 31.5 Å². The Balaban J connectivity index is 3.12. The summed E-state index contributed by atoms with van der Waals surface area (Å²) >= 11 is 9.58. The lowest BCUT2D eigenvalue weighted by molar-refractivity contribution is -0.134. The molecule has 0 aliphatic heterocycles. The van der Waals surface area contributed by atoms with Gasteiger partial charge in [0.25, 0.3) is 0 Å². The molecule has 18 heavy (non-hydrogen) atoms. The van der Waals surface area contributed by atoms with E-state index in [1.54, 1.807) is 24.1 Å². The van der Waals surface area contributed by atoms with Crippen LogP contribution in [-0.4, -0.2) is 24.4 Å². The van der Waals surface area contributed by atoms with Gasteiger partial charge in [0.2, 0.25) is 5.91 Å². The van der Waals surface area contributed by atoms with E-state index < -0.39 is 5.41 Å². The first kappa shape index (κ1) is 15.3. The highest BCUT2D eigenvalue weighted by atomic mass is 79.9. The number of carbonyl (C=O) groups excluding carboxylic acids is 1. The smallest absolute Gasteiger partial charge is 0.232 e. The van der Waals surface area contributed by atoms with Crippen LogP contribution in [0.3, 0.4) is 0 Å². The fraction of sp³-hybridized carbons (Fsp3) is 0.357. The van der Waals surface area contributed by atoms with Crippen molar-refractivity contribution in [3.05, 3.63) is 45.9 Å². The molecule has 0 aliphatic rings. The molecule has 2 nitrogen and oxygen atoms in total. The Kier molecular flexibility index (Phi) is 5.00. The van der Waals surface area contributed by atoms with Crippen molar-refractivity contribution in [3.63, 3.8) is 0 Å². The molecule has 0 aromatic heterocycles. The highest BCUT2D eigenvalue weighted by Gasteiger charge is 2.33. The molecular weight excluding hydrogens is 314 g/mol. The number of carbonyl (C=O) groups is 1. The third-order valence-corrected chi connectivity index (χ3v) is 3.69. The van der Waals surface area contributed by atoms with E-state index in [9.17, 15) is 4.79 Å². The van der Waals surface area contributed by atoms with Gasteiger partial charge in [-0.2, -0.15) is 0 Å². The molecular formula is C14H17BrClNO. The van der Waals surface area contributed by atoms with Crippen molar-refractivity contribution in [2.75, 3.05) is 13.6 Å². The van der Waals surface area contributed by atoms with E-state index >= 15 is 0 Å². The topological polar surface area (TPSA) is 20.3 Å². The molecule has 0 N–H and O–H groups in total. The molecule has 0 saturated carbocycles. The number of hydrogen-bond donors (Lipinski definition) is 0. The standard InChI is InChI=1S/C14H17BrClNO/c1-5-8-17(4)13(18)14(2,3)11-7-6-10(15)9-12(11)16/h5-7,9H,1,8H2,2-4H3. The fourth-order valence-corrected chi connectivity index (χ4v) is 2.77. The summed E-state index contributed by atoms with van der Waals surface area (Å²) in [5.41, 5.74) is 0.170. The molecule has 0 radical (unpaired) electrons. The molecule has 4 heteroatoms. The molecule has 0 bridgehead atoms. The van der Waals surface area contributed by atoms with Gasteiger partial charge < -0.3 is 4.90 Å². The van der Waals surface area contributed by atoms with E-state index in [2.05, 4.69) is 22.5 Å². The van der Waals surface area contributed by atoms with E-state index in [-0.39, 0.29) is 5.91 Å². The second-order valence-electron chi connectivity index (χ2n) is 4.72. The minimum Gasteiger partial charge on any atom is -0.341 e. The van der Waals surface area contributed by atoms with Crippen LogP contribution >= 0.6 is 27.5 Å². The van der Waals surface area contributed by atoms with E-state index in [1.807, 2.05) is 26.0 Å². The van der Waals surface area contributed by atoms with Crippen LogP contribution in [0.1, 0.15) is 19.4 Å². The fourth-order valence-electron chi connectivity index (χ4n) is 1.87. The summed E-state index contributed by atoms with van der Waals surface area (Å²) in [6.07, 6.45) is 1.71. The predicted molar refractivity (Wildman–Crippen MR) is 80.0 cm³/mol. The molecule has 0 saturated heterocycles. The Bertz CT molecular complexity index is 471. The highest BCUT2D eigenvalue weighted by molar-refractivity contribution is 9.10. The van der Waals surface area contributed by atoms with Crippen molar-refractivity contribution in [1.29, 1.82) is 0 Å². The van der Waals surface area contributed by atoms with Gasteiger partial charge in [-0.15, -0.1) is 6.58 Å². The number of rotatable bonds is 4. The normalized spacial score (nSPS) is 11.2. The number of likely N-dealkylation sites (N-methyl/N-ethyl adjacent to an activating group) is 1. The van der Waals surface area contributed by atoms with Crippen LogP contribution in [-0.2, 0) is 10.2 Å². The summed E-state index contributed by atoms with van der Waals surface area (Å²) < 4.78 is 0.902. The van der Waals surface area contributed by atoms with Crippen molar-refractivity contribution < 1.29 is 4.79 Å². The monoisotopic (exact) mass is 329 g/mol. The maximum atomic E-state index is 12.4. The van der Waals surface area contributed by atoms with Crippen molar-refractivity contribution >= 4 is 33.4 Å². The molecule has 98 valence electrons. The summed E-state index contributed by atoms with van der Waals surface area (Å²) in [6.45, 7) is 7.92. The summed E-state index contributed by atoms with van der Waals surface area (Å²) in [5, 5.41) is 0.592. The van der Waals surface area contributed by atoms with Crippen molar-refractivity contribution in [2.45, 2.75) is 19.3 Å². The molecule has 0 unspecified atom stereocenters. The van der Waals surface area contributed by atoms with Gasteiger partial charge in [0.1, 0.15) is 0 Å². The zero-order valence-electron chi connectivity index (χ0n) is 10.8. The Morgan fingerprint density at radius 2 is 2.17 bits per heavy atom. The van der Waals surface area contributed by atoms with E-state index in [4.69, 9.17) is 11.6 Å². The number of hydrogen-bond acceptors (Lipinski definition) is 1. The molecule has 0 aliphatic carbocycles. The number of halogens is 2. The first-order chi connectivity index (χ1) is 8.30. The summed E-state index contributed by atoms with van der Waals surface area (Å²) in [4.78, 5) is 14.0. The molecule has 0 heterocycles. The van der Waals surface area contributed by atoms with Crippen molar-refractivity contribution in [3.8, 4) is 0 Å². The maximum Gasteiger partial charge on any atom is 0.232 e. The van der Waals surface area contributed by atoms with E-state index in [0.717, 1.165) is 10.0 Å². The van der Waals surface area contributed by atoms with Gasteiger partial charge >= 0.3 is 0 Å². The maximum absolute atomic E-state index is 12.4. The van der Waals surface area contributed by atoms with E-state index in [0.29, 0.717) is 11.6 Å².